The van der Waals surface area contributed by atoms with Gasteiger partial charge in [-0.1, -0.05) is 19.1 Å². The Morgan fingerprint density at radius 2 is 2.21 bits per heavy atom. The van der Waals surface area contributed by atoms with Crippen molar-refractivity contribution in [1.29, 1.82) is 0 Å². The summed E-state index contributed by atoms with van der Waals surface area (Å²) in [4.78, 5) is 0. The van der Waals surface area contributed by atoms with Crippen molar-refractivity contribution in [2.24, 2.45) is 0 Å². The topological polar surface area (TPSA) is 30.5 Å². The first kappa shape index (κ1) is 14.4. The molecule has 0 saturated carbocycles. The SMILES string of the molecule is CCNC1CCCc2c(OCCCOC)cccc21. The summed E-state index contributed by atoms with van der Waals surface area (Å²) < 4.78 is 11.0. The molecule has 2 rings (SSSR count). The summed E-state index contributed by atoms with van der Waals surface area (Å²) >= 11 is 0. The van der Waals surface area contributed by atoms with Crippen LogP contribution in [0, 0.1) is 0 Å². The average Bonchev–Trinajstić information content (AvgIpc) is 2.44. The van der Waals surface area contributed by atoms with Crippen LogP contribution in [0.2, 0.25) is 0 Å². The van der Waals surface area contributed by atoms with Crippen molar-refractivity contribution in [1.82, 2.24) is 5.32 Å². The lowest BCUT2D eigenvalue weighted by atomic mass is 9.87. The van der Waals surface area contributed by atoms with E-state index in [0.717, 1.165) is 38.3 Å². The van der Waals surface area contributed by atoms with Gasteiger partial charge in [-0.05, 0) is 43.0 Å². The molecule has 0 aliphatic heterocycles. The Morgan fingerprint density at radius 3 is 3.00 bits per heavy atom. The summed E-state index contributed by atoms with van der Waals surface area (Å²) in [6.45, 7) is 4.67. The lowest BCUT2D eigenvalue weighted by molar-refractivity contribution is 0.171. The zero-order valence-electron chi connectivity index (χ0n) is 12.1. The first-order valence-electron chi connectivity index (χ1n) is 7.33. The molecule has 1 aliphatic carbocycles. The summed E-state index contributed by atoms with van der Waals surface area (Å²) in [5.74, 6) is 1.07. The summed E-state index contributed by atoms with van der Waals surface area (Å²) in [5.41, 5.74) is 2.83. The molecule has 0 radical (unpaired) electrons. The average molecular weight is 263 g/mol. The highest BCUT2D eigenvalue weighted by Crippen LogP contribution is 2.35. The highest BCUT2D eigenvalue weighted by molar-refractivity contribution is 5.43. The Balaban J connectivity index is 2.06. The number of fused-ring (bicyclic) bond motifs is 1. The second-order valence-electron chi connectivity index (χ2n) is 5.02. The van der Waals surface area contributed by atoms with Crippen LogP contribution >= 0.6 is 0 Å². The molecule has 0 heterocycles. The lowest BCUT2D eigenvalue weighted by Gasteiger charge is -2.27. The number of methoxy groups -OCH3 is 1. The van der Waals surface area contributed by atoms with E-state index in [1.54, 1.807) is 7.11 Å². The summed E-state index contributed by atoms with van der Waals surface area (Å²) in [6, 6.07) is 6.94. The second kappa shape index (κ2) is 7.51. The van der Waals surface area contributed by atoms with Gasteiger partial charge in [0.25, 0.3) is 0 Å². The molecule has 1 atom stereocenters. The number of hydrogen-bond donors (Lipinski definition) is 1. The molecule has 1 N–H and O–H groups in total. The summed E-state index contributed by atoms with van der Waals surface area (Å²) in [6.07, 6.45) is 4.55. The Labute approximate surface area is 116 Å². The van der Waals surface area contributed by atoms with E-state index in [1.165, 1.54) is 24.0 Å². The fourth-order valence-corrected chi connectivity index (χ4v) is 2.79. The number of nitrogens with one attached hydrogen (secondary N) is 1. The van der Waals surface area contributed by atoms with Crippen LogP contribution in [0.25, 0.3) is 0 Å². The molecule has 1 unspecified atom stereocenters. The predicted molar refractivity (Wildman–Crippen MR) is 77.8 cm³/mol. The van der Waals surface area contributed by atoms with Crippen LogP contribution in [0.1, 0.15) is 43.4 Å². The standard InChI is InChI=1S/C16H25NO2/c1-3-17-15-9-4-8-14-13(15)7-5-10-16(14)19-12-6-11-18-2/h5,7,10,15,17H,3-4,6,8-9,11-12H2,1-2H3. The molecule has 0 fully saturated rings. The minimum absolute atomic E-state index is 0.497. The fraction of sp³-hybridized carbons (Fsp3) is 0.625. The van der Waals surface area contributed by atoms with Gasteiger partial charge in [-0.25, -0.2) is 0 Å². The van der Waals surface area contributed by atoms with Gasteiger partial charge >= 0.3 is 0 Å². The van der Waals surface area contributed by atoms with Gasteiger partial charge in [0.1, 0.15) is 5.75 Å². The van der Waals surface area contributed by atoms with Crippen molar-refractivity contribution >= 4 is 0 Å². The molecule has 0 bridgehead atoms. The van der Waals surface area contributed by atoms with Crippen LogP contribution in [0.5, 0.6) is 5.75 Å². The number of hydrogen-bond acceptors (Lipinski definition) is 3. The highest BCUT2D eigenvalue weighted by Gasteiger charge is 2.21. The largest absolute Gasteiger partial charge is 0.493 e. The van der Waals surface area contributed by atoms with Crippen LogP contribution in [0.3, 0.4) is 0 Å². The first-order chi connectivity index (χ1) is 9.36. The van der Waals surface area contributed by atoms with E-state index in [4.69, 9.17) is 9.47 Å². The van der Waals surface area contributed by atoms with Crippen molar-refractivity contribution in [3.05, 3.63) is 29.3 Å². The van der Waals surface area contributed by atoms with Gasteiger partial charge in [0.05, 0.1) is 6.61 Å². The van der Waals surface area contributed by atoms with Gasteiger partial charge < -0.3 is 14.8 Å². The maximum absolute atomic E-state index is 5.93. The number of benzene rings is 1. The summed E-state index contributed by atoms with van der Waals surface area (Å²) in [7, 11) is 1.73. The van der Waals surface area contributed by atoms with Crippen molar-refractivity contribution < 1.29 is 9.47 Å². The van der Waals surface area contributed by atoms with Gasteiger partial charge in [-0.3, -0.25) is 0 Å². The van der Waals surface area contributed by atoms with E-state index in [2.05, 4.69) is 30.4 Å². The normalized spacial score (nSPS) is 18.1. The van der Waals surface area contributed by atoms with Crippen molar-refractivity contribution in [2.75, 3.05) is 26.9 Å². The molecular weight excluding hydrogens is 238 g/mol. The van der Waals surface area contributed by atoms with Crippen molar-refractivity contribution in [3.8, 4) is 5.75 Å². The number of ether oxygens (including phenoxy) is 2. The minimum atomic E-state index is 0.497. The molecule has 0 aromatic heterocycles. The van der Waals surface area contributed by atoms with Crippen LogP contribution in [-0.2, 0) is 11.2 Å². The van der Waals surface area contributed by atoms with Crippen LogP contribution in [0.4, 0.5) is 0 Å². The fourth-order valence-electron chi connectivity index (χ4n) is 2.79. The van der Waals surface area contributed by atoms with E-state index in [0.29, 0.717) is 6.04 Å². The molecule has 106 valence electrons. The lowest BCUT2D eigenvalue weighted by Crippen LogP contribution is -2.25. The quantitative estimate of drug-likeness (QED) is 0.767. The predicted octanol–water partition coefficient (Wildman–Crippen LogP) is 3.09. The summed E-state index contributed by atoms with van der Waals surface area (Å²) in [5, 5.41) is 3.57. The molecule has 19 heavy (non-hydrogen) atoms. The van der Waals surface area contributed by atoms with Gasteiger partial charge in [0.2, 0.25) is 0 Å². The highest BCUT2D eigenvalue weighted by atomic mass is 16.5. The Bertz CT molecular complexity index is 392. The maximum Gasteiger partial charge on any atom is 0.122 e. The molecule has 0 saturated heterocycles. The minimum Gasteiger partial charge on any atom is -0.493 e. The Hall–Kier alpha value is -1.06. The molecule has 1 aromatic carbocycles. The maximum atomic E-state index is 5.93. The zero-order chi connectivity index (χ0) is 13.5. The molecular formula is C16H25NO2. The zero-order valence-corrected chi connectivity index (χ0v) is 12.1. The monoisotopic (exact) mass is 263 g/mol. The third-order valence-electron chi connectivity index (χ3n) is 3.67. The van der Waals surface area contributed by atoms with E-state index in [9.17, 15) is 0 Å². The molecule has 0 amide bonds. The van der Waals surface area contributed by atoms with Gasteiger partial charge in [0, 0.05) is 26.2 Å². The molecule has 1 aromatic rings. The van der Waals surface area contributed by atoms with Crippen LogP contribution in [0.15, 0.2) is 18.2 Å². The van der Waals surface area contributed by atoms with E-state index in [-0.39, 0.29) is 0 Å². The third kappa shape index (κ3) is 3.71. The Morgan fingerprint density at radius 1 is 1.32 bits per heavy atom. The third-order valence-corrected chi connectivity index (χ3v) is 3.67. The van der Waals surface area contributed by atoms with Gasteiger partial charge in [0.15, 0.2) is 0 Å². The van der Waals surface area contributed by atoms with E-state index < -0.39 is 0 Å². The molecule has 3 nitrogen and oxygen atoms in total. The first-order valence-corrected chi connectivity index (χ1v) is 7.33. The van der Waals surface area contributed by atoms with E-state index >= 15 is 0 Å². The van der Waals surface area contributed by atoms with E-state index in [1.807, 2.05) is 0 Å². The smallest absolute Gasteiger partial charge is 0.122 e. The van der Waals surface area contributed by atoms with Crippen LogP contribution in [-0.4, -0.2) is 26.9 Å². The second-order valence-corrected chi connectivity index (χ2v) is 5.02. The van der Waals surface area contributed by atoms with Crippen LogP contribution < -0.4 is 10.1 Å². The Kier molecular flexibility index (Phi) is 5.67. The van der Waals surface area contributed by atoms with Crippen molar-refractivity contribution in [3.63, 3.8) is 0 Å². The van der Waals surface area contributed by atoms with Crippen molar-refractivity contribution in [2.45, 2.75) is 38.6 Å². The van der Waals surface area contributed by atoms with Gasteiger partial charge in [-0.2, -0.15) is 0 Å². The molecule has 0 spiro atoms. The van der Waals surface area contributed by atoms with Gasteiger partial charge in [-0.15, -0.1) is 0 Å². The molecule has 1 aliphatic rings. The number of rotatable bonds is 7. The molecule has 3 heteroatoms.